The first-order valence-electron chi connectivity index (χ1n) is 12.0. The minimum absolute atomic E-state index is 0.212. The number of H-pyrrole nitrogens is 1. The number of anilines is 1. The highest BCUT2D eigenvalue weighted by atomic mass is 32.2. The van der Waals surface area contributed by atoms with Crippen molar-refractivity contribution in [3.8, 4) is 0 Å². The predicted octanol–water partition coefficient (Wildman–Crippen LogP) is 4.19. The van der Waals surface area contributed by atoms with Crippen molar-refractivity contribution in [2.45, 2.75) is 30.2 Å². The summed E-state index contributed by atoms with van der Waals surface area (Å²) in [4.78, 5) is 14.8. The van der Waals surface area contributed by atoms with Gasteiger partial charge < -0.3 is 10.7 Å². The lowest BCUT2D eigenvalue weighted by Crippen LogP contribution is -2.35. The van der Waals surface area contributed by atoms with E-state index in [1.54, 1.807) is 40.1 Å². The van der Waals surface area contributed by atoms with Gasteiger partial charge in [0.25, 0.3) is 5.91 Å². The highest BCUT2D eigenvalue weighted by molar-refractivity contribution is 7.89. The lowest BCUT2D eigenvalue weighted by molar-refractivity contribution is -0.124. The van der Waals surface area contributed by atoms with Crippen molar-refractivity contribution in [1.82, 2.24) is 14.8 Å². The molecule has 0 saturated carbocycles. The highest BCUT2D eigenvalue weighted by Crippen LogP contribution is 2.39. The molecule has 9 heteroatoms. The molecule has 1 aromatic heterocycles. The fourth-order valence-corrected chi connectivity index (χ4v) is 6.65. The molecule has 3 aromatic carbocycles. The molecule has 5 N–H and O–H groups in total. The van der Waals surface area contributed by atoms with Gasteiger partial charge in [0, 0.05) is 35.4 Å². The second-order valence-electron chi connectivity index (χ2n) is 9.12. The van der Waals surface area contributed by atoms with E-state index in [-0.39, 0.29) is 10.9 Å². The third-order valence-corrected chi connectivity index (χ3v) is 8.78. The second-order valence-corrected chi connectivity index (χ2v) is 11.0. The fraction of sp³-hybridized carbons (Fsp3) is 0.179. The van der Waals surface area contributed by atoms with Gasteiger partial charge in [-0.3, -0.25) is 10.0 Å². The van der Waals surface area contributed by atoms with E-state index in [9.17, 15) is 13.2 Å². The second kappa shape index (κ2) is 10.2. The van der Waals surface area contributed by atoms with Crippen molar-refractivity contribution in [1.29, 1.82) is 0 Å². The highest BCUT2D eigenvalue weighted by Gasteiger charge is 2.36. The van der Waals surface area contributed by atoms with Crippen LogP contribution in [-0.2, 0) is 27.7 Å². The number of rotatable bonds is 8. The van der Waals surface area contributed by atoms with Gasteiger partial charge in [0.2, 0.25) is 10.0 Å². The standard InChI is InChI=1S/C28H28N4O4S/c29-22-8-10-23(11-9-22)37(35,36)32(16-15-21-18-30-26-4-2-1-3-24(21)26)27-13-7-20-17-19(5-12-25(20)27)6-14-28(33)31-34/h1-6,8-12,14,17-18,27,30,34H,7,13,15-16,29H2,(H,31,33). The molecule has 1 unspecified atom stereocenters. The molecular formula is C28H28N4O4S. The number of nitrogen functional groups attached to an aromatic ring is 1. The molecule has 0 spiro atoms. The number of hydroxylamine groups is 1. The molecule has 0 saturated heterocycles. The summed E-state index contributed by atoms with van der Waals surface area (Å²) in [5.74, 6) is -0.614. The Labute approximate surface area is 215 Å². The molecule has 1 aliphatic rings. The average Bonchev–Trinajstić information content (AvgIpc) is 3.51. The van der Waals surface area contributed by atoms with Gasteiger partial charge in [-0.1, -0.05) is 36.4 Å². The van der Waals surface area contributed by atoms with E-state index in [1.807, 2.05) is 48.7 Å². The number of nitrogens with zero attached hydrogens (tertiary/aromatic N) is 1. The summed E-state index contributed by atoms with van der Waals surface area (Å²) >= 11 is 0. The van der Waals surface area contributed by atoms with Crippen molar-refractivity contribution in [2.75, 3.05) is 12.3 Å². The number of carbonyl (C=O) groups excluding carboxylic acids is 1. The first kappa shape index (κ1) is 24.8. The lowest BCUT2D eigenvalue weighted by Gasteiger charge is -2.29. The smallest absolute Gasteiger partial charge is 0.267 e. The first-order chi connectivity index (χ1) is 17.9. The largest absolute Gasteiger partial charge is 0.399 e. The van der Waals surface area contributed by atoms with E-state index in [0.29, 0.717) is 31.5 Å². The predicted molar refractivity (Wildman–Crippen MR) is 143 cm³/mol. The Hall–Kier alpha value is -3.92. The topological polar surface area (TPSA) is 129 Å². The summed E-state index contributed by atoms with van der Waals surface area (Å²) in [6, 6.07) is 19.7. The van der Waals surface area contributed by atoms with Crippen LogP contribution >= 0.6 is 0 Å². The third kappa shape index (κ3) is 5.01. The normalized spacial score (nSPS) is 15.5. The monoisotopic (exact) mass is 516 g/mol. The quantitative estimate of drug-likeness (QED) is 0.121. The maximum Gasteiger partial charge on any atom is 0.267 e. The Morgan fingerprint density at radius 1 is 1.14 bits per heavy atom. The van der Waals surface area contributed by atoms with Crippen LogP contribution in [0.4, 0.5) is 5.69 Å². The van der Waals surface area contributed by atoms with Crippen LogP contribution in [0.5, 0.6) is 0 Å². The summed E-state index contributed by atoms with van der Waals surface area (Å²) in [7, 11) is -3.81. The minimum Gasteiger partial charge on any atom is -0.399 e. The summed E-state index contributed by atoms with van der Waals surface area (Å²) in [6.45, 7) is 0.316. The molecule has 37 heavy (non-hydrogen) atoms. The number of aryl methyl sites for hydroxylation is 1. The molecule has 190 valence electrons. The number of para-hydroxylation sites is 1. The average molecular weight is 517 g/mol. The Balaban J connectivity index is 1.49. The van der Waals surface area contributed by atoms with Gasteiger partial charge in [-0.2, -0.15) is 4.31 Å². The van der Waals surface area contributed by atoms with Gasteiger partial charge in [0.1, 0.15) is 0 Å². The zero-order valence-electron chi connectivity index (χ0n) is 20.1. The Morgan fingerprint density at radius 2 is 1.92 bits per heavy atom. The molecule has 1 aliphatic carbocycles. The van der Waals surface area contributed by atoms with Crippen LogP contribution in [0.3, 0.4) is 0 Å². The molecule has 8 nitrogen and oxygen atoms in total. The Kier molecular flexibility index (Phi) is 6.84. The number of sulfonamides is 1. The molecule has 0 aliphatic heterocycles. The van der Waals surface area contributed by atoms with Gasteiger partial charge in [-0.05, 0) is 77.9 Å². The number of amides is 1. The van der Waals surface area contributed by atoms with Gasteiger partial charge in [0.05, 0.1) is 10.9 Å². The van der Waals surface area contributed by atoms with Gasteiger partial charge in [0.15, 0.2) is 0 Å². The Bertz CT molecular complexity index is 1580. The molecule has 0 bridgehead atoms. The van der Waals surface area contributed by atoms with Crippen molar-refractivity contribution in [2.24, 2.45) is 0 Å². The first-order valence-corrected chi connectivity index (χ1v) is 13.5. The molecule has 1 atom stereocenters. The number of nitrogens with one attached hydrogen (secondary N) is 2. The molecule has 0 radical (unpaired) electrons. The zero-order valence-corrected chi connectivity index (χ0v) is 20.9. The summed E-state index contributed by atoms with van der Waals surface area (Å²) in [5, 5.41) is 9.79. The van der Waals surface area contributed by atoms with Crippen LogP contribution in [0.2, 0.25) is 0 Å². The number of fused-ring (bicyclic) bond motifs is 2. The number of aromatic nitrogens is 1. The van der Waals surface area contributed by atoms with Crippen molar-refractivity contribution < 1.29 is 18.4 Å². The van der Waals surface area contributed by atoms with Crippen LogP contribution in [0.25, 0.3) is 17.0 Å². The van der Waals surface area contributed by atoms with Gasteiger partial charge >= 0.3 is 0 Å². The van der Waals surface area contributed by atoms with E-state index < -0.39 is 15.9 Å². The SMILES string of the molecule is Nc1ccc(S(=O)(=O)N(CCc2c[nH]c3ccccc23)C2CCc3cc(C=CC(=O)NO)ccc32)cc1. The molecule has 1 amide bonds. The number of nitrogens with two attached hydrogens (primary N) is 1. The molecule has 4 aromatic rings. The van der Waals surface area contributed by atoms with E-state index in [4.69, 9.17) is 10.9 Å². The number of hydrogen-bond acceptors (Lipinski definition) is 5. The Morgan fingerprint density at radius 3 is 2.70 bits per heavy atom. The number of hydrogen-bond donors (Lipinski definition) is 4. The lowest BCUT2D eigenvalue weighted by atomic mass is 10.0. The van der Waals surface area contributed by atoms with Crippen LogP contribution in [0, 0.1) is 0 Å². The van der Waals surface area contributed by atoms with Gasteiger partial charge in [-0.15, -0.1) is 0 Å². The van der Waals surface area contributed by atoms with Crippen molar-refractivity contribution in [3.63, 3.8) is 0 Å². The minimum atomic E-state index is -3.81. The fourth-order valence-electron chi connectivity index (χ4n) is 5.01. The molecule has 1 heterocycles. The number of aromatic amines is 1. The maximum absolute atomic E-state index is 13.9. The maximum atomic E-state index is 13.9. The van der Waals surface area contributed by atoms with Crippen LogP contribution in [-0.4, -0.2) is 35.4 Å². The van der Waals surface area contributed by atoms with Crippen LogP contribution in [0.1, 0.15) is 34.7 Å². The van der Waals surface area contributed by atoms with E-state index in [2.05, 4.69) is 4.98 Å². The number of benzene rings is 3. The van der Waals surface area contributed by atoms with E-state index in [0.717, 1.165) is 33.2 Å². The summed E-state index contributed by atoms with van der Waals surface area (Å²) in [5.41, 5.74) is 12.8. The van der Waals surface area contributed by atoms with Crippen molar-refractivity contribution in [3.05, 3.63) is 101 Å². The van der Waals surface area contributed by atoms with E-state index in [1.165, 1.54) is 6.08 Å². The summed E-state index contributed by atoms with van der Waals surface area (Å²) in [6.07, 6.45) is 6.73. The zero-order chi connectivity index (χ0) is 26.0. The van der Waals surface area contributed by atoms with Gasteiger partial charge in [-0.25, -0.2) is 13.9 Å². The molecule has 0 fully saturated rings. The molecule has 5 rings (SSSR count). The third-order valence-electron chi connectivity index (χ3n) is 6.86. The van der Waals surface area contributed by atoms with Crippen LogP contribution < -0.4 is 11.2 Å². The molecular weight excluding hydrogens is 488 g/mol. The van der Waals surface area contributed by atoms with E-state index >= 15 is 0 Å². The van der Waals surface area contributed by atoms with Crippen molar-refractivity contribution >= 4 is 38.6 Å². The summed E-state index contributed by atoms with van der Waals surface area (Å²) < 4.78 is 29.5. The number of carbonyl (C=O) groups is 1. The van der Waals surface area contributed by atoms with Crippen LogP contribution in [0.15, 0.2) is 83.9 Å².